The lowest BCUT2D eigenvalue weighted by Crippen LogP contribution is -2.20. The lowest BCUT2D eigenvalue weighted by atomic mass is 10.4. The van der Waals surface area contributed by atoms with Crippen LogP contribution in [0.15, 0.2) is 0 Å². The van der Waals surface area contributed by atoms with E-state index < -0.39 is 0 Å². The van der Waals surface area contributed by atoms with E-state index in [1.165, 1.54) is 0 Å². The number of nitrogens with two attached hydrogens (primary N) is 2. The first-order chi connectivity index (χ1) is 4.91. The van der Waals surface area contributed by atoms with E-state index in [0.717, 1.165) is 31.8 Å². The highest BCUT2D eigenvalue weighted by Crippen LogP contribution is 1.71. The molecule has 0 unspecified atom stereocenters. The Morgan fingerprint density at radius 1 is 1.20 bits per heavy atom. The highest BCUT2D eigenvalue weighted by Gasteiger charge is 1.80. The molecule has 0 fully saturated rings. The molecule has 0 aromatic rings. The van der Waals surface area contributed by atoms with Gasteiger partial charge in [-0.2, -0.15) is 12.6 Å². The van der Waals surface area contributed by atoms with Gasteiger partial charge in [-0.15, -0.1) is 12.8 Å². The van der Waals surface area contributed by atoms with Gasteiger partial charge in [0.05, 0.1) is 0 Å². The minimum absolute atomic E-state index is 0.777. The summed E-state index contributed by atoms with van der Waals surface area (Å²) in [5.74, 6) is 0.907. The van der Waals surface area contributed by atoms with Crippen LogP contribution in [0.2, 0.25) is 0 Å². The first kappa shape index (κ1) is 13.2. The van der Waals surface area contributed by atoms with Crippen LogP contribution in [-0.4, -0.2) is 25.4 Å². The molecule has 0 aromatic carbocycles. The minimum atomic E-state index is 0.777. The summed E-state index contributed by atoms with van der Waals surface area (Å²) in [5, 5.41) is 7.37. The van der Waals surface area contributed by atoms with Crippen LogP contribution in [0, 0.1) is 0 Å². The van der Waals surface area contributed by atoms with Crippen LogP contribution >= 0.6 is 25.4 Å². The third-order valence-corrected chi connectivity index (χ3v) is 1.07. The zero-order chi connectivity index (χ0) is 8.24. The summed E-state index contributed by atoms with van der Waals surface area (Å²) in [6.07, 6.45) is 1.06. The quantitative estimate of drug-likeness (QED) is 0.299. The fraction of sp³-hybridized carbons (Fsp3) is 1.00. The first-order valence-electron chi connectivity index (χ1n) is 3.19. The van der Waals surface area contributed by atoms with E-state index in [4.69, 9.17) is 5.73 Å². The Kier molecular flexibility index (Phi) is 21.5. The van der Waals surface area contributed by atoms with Gasteiger partial charge in [0.1, 0.15) is 0 Å². The fourth-order valence-electron chi connectivity index (χ4n) is 0.431. The first-order valence-corrected chi connectivity index (χ1v) is 4.34. The maximum Gasteiger partial charge on any atom is 0.00397 e. The van der Waals surface area contributed by atoms with Crippen LogP contribution in [-0.2, 0) is 0 Å². The molecule has 0 aliphatic heterocycles. The van der Waals surface area contributed by atoms with E-state index in [9.17, 15) is 0 Å². The molecule has 64 valence electrons. The van der Waals surface area contributed by atoms with Gasteiger partial charge in [-0.05, 0) is 19.5 Å². The van der Waals surface area contributed by atoms with Crippen molar-refractivity contribution in [3.8, 4) is 0 Å². The monoisotopic (exact) mass is 183 g/mol. The molecule has 0 rings (SSSR count). The van der Waals surface area contributed by atoms with Crippen LogP contribution in [0.3, 0.4) is 0 Å². The second kappa shape index (κ2) is 16.3. The van der Waals surface area contributed by atoms with Crippen LogP contribution < -0.4 is 16.2 Å². The summed E-state index contributed by atoms with van der Waals surface area (Å²) < 4.78 is 0. The van der Waals surface area contributed by atoms with Crippen molar-refractivity contribution in [2.75, 3.05) is 25.4 Å². The summed E-state index contributed by atoms with van der Waals surface area (Å²) in [7, 11) is 0. The summed E-state index contributed by atoms with van der Waals surface area (Å²) in [5.41, 5.74) is 5.25. The maximum atomic E-state index is 5.25. The molecule has 0 saturated carbocycles. The van der Waals surface area contributed by atoms with Gasteiger partial charge in [0, 0.05) is 12.3 Å². The normalized spacial score (nSPS) is 8.40. The van der Waals surface area contributed by atoms with Gasteiger partial charge < -0.3 is 11.1 Å². The van der Waals surface area contributed by atoms with Gasteiger partial charge in [0.15, 0.2) is 0 Å². The molecule has 0 bridgehead atoms. The zero-order valence-electron chi connectivity index (χ0n) is 6.08. The summed E-state index contributed by atoms with van der Waals surface area (Å²) in [4.78, 5) is 0. The Morgan fingerprint density at radius 2 is 1.80 bits per heavy atom. The lowest BCUT2D eigenvalue weighted by molar-refractivity contribution is 0.683. The average Bonchev–Trinajstić information content (AvgIpc) is 2.02. The van der Waals surface area contributed by atoms with E-state index in [1.54, 1.807) is 0 Å². The van der Waals surface area contributed by atoms with Crippen molar-refractivity contribution in [1.82, 2.24) is 5.32 Å². The number of hydrogen-bond donors (Lipinski definition) is 5. The summed E-state index contributed by atoms with van der Waals surface area (Å²) >= 11 is 7.06. The Labute approximate surface area is 73.9 Å². The molecule has 0 atom stereocenters. The summed E-state index contributed by atoms with van der Waals surface area (Å²) in [6, 6.07) is 0. The van der Waals surface area contributed by atoms with Crippen LogP contribution in [0.25, 0.3) is 0 Å². The maximum absolute atomic E-state index is 5.25. The van der Waals surface area contributed by atoms with E-state index in [-0.39, 0.29) is 0 Å². The largest absolute Gasteiger partial charge is 0.330 e. The third kappa shape index (κ3) is 15.8. The molecule has 3 nitrogen and oxygen atoms in total. The Morgan fingerprint density at radius 3 is 2.20 bits per heavy atom. The lowest BCUT2D eigenvalue weighted by Gasteiger charge is -1.97. The van der Waals surface area contributed by atoms with E-state index in [2.05, 4.69) is 35.9 Å². The number of rotatable bonds is 5. The van der Waals surface area contributed by atoms with Gasteiger partial charge in [-0.25, -0.2) is 0 Å². The molecule has 0 saturated heterocycles. The van der Waals surface area contributed by atoms with Crippen molar-refractivity contribution in [3.63, 3.8) is 0 Å². The molecule has 0 aliphatic carbocycles. The Balaban J connectivity index is 0. The van der Waals surface area contributed by atoms with Gasteiger partial charge in [0.2, 0.25) is 0 Å². The van der Waals surface area contributed by atoms with Crippen LogP contribution in [0.4, 0.5) is 0 Å². The van der Waals surface area contributed by atoms with Crippen molar-refractivity contribution in [2.45, 2.75) is 6.42 Å². The number of thiol groups is 2. The van der Waals surface area contributed by atoms with Crippen LogP contribution in [0.1, 0.15) is 6.42 Å². The molecule has 10 heavy (non-hydrogen) atoms. The predicted molar refractivity (Wildman–Crippen MR) is 53.6 cm³/mol. The van der Waals surface area contributed by atoms with Crippen molar-refractivity contribution < 1.29 is 0 Å². The van der Waals surface area contributed by atoms with Gasteiger partial charge in [-0.3, -0.25) is 5.14 Å². The second-order valence-electron chi connectivity index (χ2n) is 1.62. The Bertz CT molecular complexity index is 39.9. The highest BCUT2D eigenvalue weighted by molar-refractivity contribution is 7.80. The molecule has 0 aliphatic rings. The van der Waals surface area contributed by atoms with Crippen LogP contribution in [0.5, 0.6) is 0 Å². The molecule has 5 heteroatoms. The number of nitrogens with one attached hydrogen (secondary N) is 1. The van der Waals surface area contributed by atoms with Crippen molar-refractivity contribution in [1.29, 1.82) is 0 Å². The zero-order valence-corrected chi connectivity index (χ0v) is 7.87. The third-order valence-electron chi connectivity index (χ3n) is 0.846. The molecular weight excluding hydrogens is 166 g/mol. The SMILES string of the molecule is NCCCNCCS.NS. The van der Waals surface area contributed by atoms with Gasteiger partial charge >= 0.3 is 0 Å². The second-order valence-corrected chi connectivity index (χ2v) is 2.06. The Hall–Kier alpha value is 0.580. The van der Waals surface area contributed by atoms with Crippen molar-refractivity contribution in [3.05, 3.63) is 0 Å². The van der Waals surface area contributed by atoms with Crippen molar-refractivity contribution >= 4 is 25.4 Å². The van der Waals surface area contributed by atoms with Gasteiger partial charge in [-0.1, -0.05) is 0 Å². The minimum Gasteiger partial charge on any atom is -0.330 e. The smallest absolute Gasteiger partial charge is 0.00397 e. The summed E-state index contributed by atoms with van der Waals surface area (Å²) in [6.45, 7) is 2.79. The average molecular weight is 183 g/mol. The molecule has 0 radical (unpaired) electrons. The molecule has 0 aromatic heterocycles. The van der Waals surface area contributed by atoms with E-state index in [0.29, 0.717) is 0 Å². The number of hydrogen-bond acceptors (Lipinski definition) is 5. The standard InChI is InChI=1S/C5H14N2S.H3NS/c6-2-1-3-7-4-5-8;1-2/h7-8H,1-6H2;2H,1H2. The molecule has 0 spiro atoms. The molecular formula is C5H17N3S2. The van der Waals surface area contributed by atoms with E-state index >= 15 is 0 Å². The predicted octanol–water partition coefficient (Wildman–Crippen LogP) is -0.355. The van der Waals surface area contributed by atoms with Gasteiger partial charge in [0.25, 0.3) is 0 Å². The highest BCUT2D eigenvalue weighted by atomic mass is 32.1. The fourth-order valence-corrected chi connectivity index (χ4v) is 0.589. The van der Waals surface area contributed by atoms with Crippen molar-refractivity contribution in [2.24, 2.45) is 10.9 Å². The molecule has 0 amide bonds. The molecule has 0 heterocycles. The van der Waals surface area contributed by atoms with E-state index in [1.807, 2.05) is 0 Å². The molecule has 5 N–H and O–H groups in total. The topological polar surface area (TPSA) is 64.1 Å².